The second kappa shape index (κ2) is 5.53. The van der Waals surface area contributed by atoms with Crippen molar-refractivity contribution in [1.29, 1.82) is 0 Å². The molecule has 1 aliphatic carbocycles. The van der Waals surface area contributed by atoms with Crippen LogP contribution in [-0.4, -0.2) is 25.7 Å². The van der Waals surface area contributed by atoms with Gasteiger partial charge in [0.25, 0.3) is 0 Å². The molecule has 0 aliphatic heterocycles. The first kappa shape index (κ1) is 14.0. The zero-order valence-electron chi connectivity index (χ0n) is 13.0. The lowest BCUT2D eigenvalue weighted by molar-refractivity contribution is -0.120. The van der Waals surface area contributed by atoms with Gasteiger partial charge in [-0.25, -0.2) is 4.98 Å². The Kier molecular flexibility index (Phi) is 3.37. The predicted octanol–water partition coefficient (Wildman–Crippen LogP) is 2.03. The number of H-pyrrole nitrogens is 1. The van der Waals surface area contributed by atoms with Crippen LogP contribution < -0.4 is 5.32 Å². The summed E-state index contributed by atoms with van der Waals surface area (Å²) in [5, 5.41) is 8.44. The van der Waals surface area contributed by atoms with Crippen LogP contribution in [0, 0.1) is 0 Å². The van der Waals surface area contributed by atoms with Gasteiger partial charge < -0.3 is 10.3 Å². The summed E-state index contributed by atoms with van der Waals surface area (Å²) in [5.41, 5.74) is 2.87. The number of nitrogens with zero attached hydrogens (tertiary/aromatic N) is 3. The van der Waals surface area contributed by atoms with Crippen LogP contribution in [0.25, 0.3) is 10.9 Å². The number of fused-ring (bicyclic) bond motifs is 1. The maximum atomic E-state index is 12.1. The Morgan fingerprint density at radius 1 is 1.43 bits per heavy atom. The molecule has 4 rings (SSSR count). The molecule has 2 aromatic heterocycles. The Labute approximate surface area is 133 Å². The zero-order valence-corrected chi connectivity index (χ0v) is 13.0. The number of hydrogen-bond acceptors (Lipinski definition) is 3. The van der Waals surface area contributed by atoms with E-state index in [1.165, 1.54) is 12.8 Å². The highest BCUT2D eigenvalue weighted by molar-refractivity contribution is 5.80. The van der Waals surface area contributed by atoms with Crippen LogP contribution >= 0.6 is 0 Å². The zero-order chi connectivity index (χ0) is 15.8. The van der Waals surface area contributed by atoms with E-state index in [2.05, 4.69) is 20.4 Å². The highest BCUT2D eigenvalue weighted by Gasteiger charge is 2.26. The Morgan fingerprint density at radius 2 is 2.30 bits per heavy atom. The lowest BCUT2D eigenvalue weighted by atomic mass is 10.1. The summed E-state index contributed by atoms with van der Waals surface area (Å²) >= 11 is 0. The van der Waals surface area contributed by atoms with Gasteiger partial charge in [-0.3, -0.25) is 9.48 Å². The van der Waals surface area contributed by atoms with E-state index in [-0.39, 0.29) is 5.91 Å². The molecular formula is C17H19N5O. The summed E-state index contributed by atoms with van der Waals surface area (Å²) in [6.45, 7) is 0.509. The van der Waals surface area contributed by atoms with Crippen LogP contribution in [0.1, 0.15) is 35.8 Å². The fourth-order valence-electron chi connectivity index (χ4n) is 2.76. The van der Waals surface area contributed by atoms with Crippen LogP contribution in [0.4, 0.5) is 0 Å². The largest absolute Gasteiger partial charge is 0.352 e. The average Bonchev–Trinajstić information content (AvgIpc) is 3.16. The average molecular weight is 309 g/mol. The van der Waals surface area contributed by atoms with Gasteiger partial charge in [0.15, 0.2) is 0 Å². The molecule has 118 valence electrons. The molecule has 6 heteroatoms. The van der Waals surface area contributed by atoms with E-state index in [1.54, 1.807) is 10.9 Å². The first-order valence-electron chi connectivity index (χ1n) is 7.90. The fraction of sp³-hybridized carbons (Fsp3) is 0.353. The minimum absolute atomic E-state index is 0.00267. The SMILES string of the molecule is Cn1cc2ccc(CNC(=O)Cc3cnc(C4CC4)[nH]3)cc2n1. The van der Waals surface area contributed by atoms with Crippen LogP contribution in [0.5, 0.6) is 0 Å². The third kappa shape index (κ3) is 3.11. The molecule has 1 amide bonds. The van der Waals surface area contributed by atoms with Crippen LogP contribution in [0.3, 0.4) is 0 Å². The van der Waals surface area contributed by atoms with Crippen molar-refractivity contribution in [3.05, 3.63) is 47.7 Å². The molecule has 0 radical (unpaired) electrons. The maximum Gasteiger partial charge on any atom is 0.226 e. The van der Waals surface area contributed by atoms with Crippen LogP contribution in [0.15, 0.2) is 30.6 Å². The molecule has 2 heterocycles. The first-order valence-corrected chi connectivity index (χ1v) is 7.90. The van der Waals surface area contributed by atoms with Gasteiger partial charge in [-0.15, -0.1) is 0 Å². The van der Waals surface area contributed by atoms with E-state index < -0.39 is 0 Å². The number of benzene rings is 1. The summed E-state index contributed by atoms with van der Waals surface area (Å²) in [5.74, 6) is 1.60. The van der Waals surface area contributed by atoms with E-state index in [4.69, 9.17) is 0 Å². The maximum absolute atomic E-state index is 12.1. The molecule has 0 atom stereocenters. The van der Waals surface area contributed by atoms with Crippen molar-refractivity contribution in [3.8, 4) is 0 Å². The van der Waals surface area contributed by atoms with Crippen molar-refractivity contribution < 1.29 is 4.79 Å². The highest BCUT2D eigenvalue weighted by atomic mass is 16.1. The molecule has 3 aromatic rings. The van der Waals surface area contributed by atoms with Gasteiger partial charge in [0.2, 0.25) is 5.91 Å². The van der Waals surface area contributed by atoms with Gasteiger partial charge in [-0.1, -0.05) is 12.1 Å². The number of amides is 1. The standard InChI is InChI=1S/C17H19N5O/c1-22-10-13-3-2-11(6-15(13)21-22)8-18-16(23)7-14-9-19-17(20-14)12-4-5-12/h2-3,6,9-10,12H,4-5,7-8H2,1H3,(H,18,23)(H,19,20). The molecule has 1 fully saturated rings. The number of rotatable bonds is 5. The Balaban J connectivity index is 1.35. The third-order valence-corrected chi connectivity index (χ3v) is 4.14. The molecule has 1 saturated carbocycles. The monoisotopic (exact) mass is 309 g/mol. The fourth-order valence-corrected chi connectivity index (χ4v) is 2.76. The smallest absolute Gasteiger partial charge is 0.226 e. The van der Waals surface area contributed by atoms with Gasteiger partial charge in [0, 0.05) is 43.0 Å². The molecular weight excluding hydrogens is 290 g/mol. The lowest BCUT2D eigenvalue weighted by Crippen LogP contribution is -2.24. The number of aromatic amines is 1. The van der Waals surface area contributed by atoms with Crippen LogP contribution in [-0.2, 0) is 24.8 Å². The molecule has 0 unspecified atom stereocenters. The van der Waals surface area contributed by atoms with E-state index >= 15 is 0 Å². The Morgan fingerprint density at radius 3 is 3.13 bits per heavy atom. The van der Waals surface area contributed by atoms with Gasteiger partial charge >= 0.3 is 0 Å². The van der Waals surface area contributed by atoms with E-state index in [0.29, 0.717) is 18.9 Å². The van der Waals surface area contributed by atoms with E-state index in [9.17, 15) is 4.79 Å². The van der Waals surface area contributed by atoms with Crippen molar-refractivity contribution in [2.24, 2.45) is 7.05 Å². The Bertz CT molecular complexity index is 859. The first-order chi connectivity index (χ1) is 11.2. The lowest BCUT2D eigenvalue weighted by Gasteiger charge is -2.04. The molecule has 0 saturated heterocycles. The second-order valence-corrected chi connectivity index (χ2v) is 6.22. The highest BCUT2D eigenvalue weighted by Crippen LogP contribution is 2.38. The topological polar surface area (TPSA) is 75.6 Å². The third-order valence-electron chi connectivity index (χ3n) is 4.14. The normalized spacial score (nSPS) is 14.3. The number of aromatic nitrogens is 4. The van der Waals surface area contributed by atoms with Gasteiger partial charge in [-0.2, -0.15) is 5.10 Å². The summed E-state index contributed by atoms with van der Waals surface area (Å²) in [6.07, 6.45) is 6.50. The molecule has 2 N–H and O–H groups in total. The number of carbonyl (C=O) groups is 1. The number of carbonyl (C=O) groups excluding carboxylic acids is 1. The summed E-state index contributed by atoms with van der Waals surface area (Å²) in [4.78, 5) is 19.7. The van der Waals surface area contributed by atoms with E-state index in [1.807, 2.05) is 31.4 Å². The quantitative estimate of drug-likeness (QED) is 0.757. The summed E-state index contributed by atoms with van der Waals surface area (Å²) < 4.78 is 1.79. The van der Waals surface area contributed by atoms with Crippen molar-refractivity contribution in [3.63, 3.8) is 0 Å². The molecule has 23 heavy (non-hydrogen) atoms. The summed E-state index contributed by atoms with van der Waals surface area (Å²) in [7, 11) is 1.90. The van der Waals surface area contributed by atoms with E-state index in [0.717, 1.165) is 28.0 Å². The number of imidazole rings is 1. The molecule has 6 nitrogen and oxygen atoms in total. The minimum Gasteiger partial charge on any atom is -0.352 e. The number of aryl methyl sites for hydroxylation is 1. The number of hydrogen-bond donors (Lipinski definition) is 2. The van der Waals surface area contributed by atoms with Gasteiger partial charge in [0.1, 0.15) is 5.82 Å². The molecule has 0 bridgehead atoms. The van der Waals surface area contributed by atoms with Crippen molar-refractivity contribution in [2.75, 3.05) is 0 Å². The molecule has 0 spiro atoms. The predicted molar refractivity (Wildman–Crippen MR) is 86.8 cm³/mol. The number of nitrogens with one attached hydrogen (secondary N) is 2. The Hall–Kier alpha value is -2.63. The van der Waals surface area contributed by atoms with Crippen molar-refractivity contribution in [2.45, 2.75) is 31.7 Å². The van der Waals surface area contributed by atoms with Crippen molar-refractivity contribution >= 4 is 16.8 Å². The van der Waals surface area contributed by atoms with Crippen molar-refractivity contribution in [1.82, 2.24) is 25.1 Å². The van der Waals surface area contributed by atoms with Gasteiger partial charge in [-0.05, 0) is 24.5 Å². The second-order valence-electron chi connectivity index (χ2n) is 6.22. The van der Waals surface area contributed by atoms with Gasteiger partial charge in [0.05, 0.1) is 11.9 Å². The minimum atomic E-state index is -0.00267. The molecule has 1 aliphatic rings. The summed E-state index contributed by atoms with van der Waals surface area (Å²) in [6, 6.07) is 6.06. The van der Waals surface area contributed by atoms with Crippen LogP contribution in [0.2, 0.25) is 0 Å². The molecule has 1 aromatic carbocycles.